The van der Waals surface area contributed by atoms with E-state index in [2.05, 4.69) is 17.2 Å². The summed E-state index contributed by atoms with van der Waals surface area (Å²) in [6.45, 7) is 4.76. The van der Waals surface area contributed by atoms with Gasteiger partial charge in [-0.2, -0.15) is 0 Å². The lowest BCUT2D eigenvalue weighted by molar-refractivity contribution is -0.149. The molecule has 0 aromatic carbocycles. The predicted molar refractivity (Wildman–Crippen MR) is 68.8 cm³/mol. The van der Waals surface area contributed by atoms with Crippen molar-refractivity contribution < 1.29 is 14.6 Å². The van der Waals surface area contributed by atoms with Crippen LogP contribution in [0.5, 0.6) is 0 Å². The lowest BCUT2D eigenvalue weighted by atomic mass is 10.2. The van der Waals surface area contributed by atoms with E-state index in [1.165, 1.54) is 4.88 Å². The van der Waals surface area contributed by atoms with Gasteiger partial charge >= 0.3 is 5.97 Å². The van der Waals surface area contributed by atoms with E-state index in [0.29, 0.717) is 13.0 Å². The summed E-state index contributed by atoms with van der Waals surface area (Å²) in [5.74, 6) is -0.860. The maximum Gasteiger partial charge on any atom is 0.332 e. The van der Waals surface area contributed by atoms with Crippen molar-refractivity contribution in [2.24, 2.45) is 0 Å². The zero-order chi connectivity index (χ0) is 13.1. The Morgan fingerprint density at radius 2 is 2.50 bits per heavy atom. The van der Waals surface area contributed by atoms with E-state index in [9.17, 15) is 4.79 Å². The van der Waals surface area contributed by atoms with Gasteiger partial charge in [-0.1, -0.05) is 0 Å². The van der Waals surface area contributed by atoms with Crippen LogP contribution in [0.15, 0.2) is 6.20 Å². The highest BCUT2D eigenvalue weighted by molar-refractivity contribution is 7.11. The van der Waals surface area contributed by atoms with Crippen LogP contribution in [0.25, 0.3) is 0 Å². The zero-order valence-corrected chi connectivity index (χ0v) is 11.4. The molecule has 18 heavy (non-hydrogen) atoms. The highest BCUT2D eigenvalue weighted by Gasteiger charge is 2.30. The third-order valence-electron chi connectivity index (χ3n) is 3.04. The molecule has 1 aliphatic rings. The Hall–Kier alpha value is -0.980. The Bertz CT molecular complexity index is 421. The smallest absolute Gasteiger partial charge is 0.332 e. The monoisotopic (exact) mass is 270 g/mol. The first-order valence-electron chi connectivity index (χ1n) is 6.10. The molecule has 2 N–H and O–H groups in total. The van der Waals surface area contributed by atoms with Crippen molar-refractivity contribution in [1.29, 1.82) is 0 Å². The van der Waals surface area contributed by atoms with Gasteiger partial charge in [-0.3, -0.25) is 0 Å². The summed E-state index contributed by atoms with van der Waals surface area (Å²) in [6.07, 6.45) is 2.63. The normalized spacial score (nSPS) is 25.2. The molecule has 0 aliphatic carbocycles. The van der Waals surface area contributed by atoms with Gasteiger partial charge in [0.15, 0.2) is 6.10 Å². The Labute approximate surface area is 110 Å². The molecule has 2 heterocycles. The Balaban J connectivity index is 1.77. The molecule has 100 valence electrons. The van der Waals surface area contributed by atoms with Crippen molar-refractivity contribution in [3.05, 3.63) is 16.1 Å². The number of thiazole rings is 1. The van der Waals surface area contributed by atoms with Crippen LogP contribution >= 0.6 is 11.3 Å². The highest BCUT2D eigenvalue weighted by Crippen LogP contribution is 2.22. The van der Waals surface area contributed by atoms with Gasteiger partial charge in [0.25, 0.3) is 0 Å². The molecule has 6 heteroatoms. The van der Waals surface area contributed by atoms with Gasteiger partial charge in [0.2, 0.25) is 0 Å². The molecular weight excluding hydrogens is 252 g/mol. The second-order valence-electron chi connectivity index (χ2n) is 4.60. The molecule has 0 saturated carbocycles. The number of hydrogen-bond acceptors (Lipinski definition) is 5. The van der Waals surface area contributed by atoms with Crippen molar-refractivity contribution >= 4 is 17.3 Å². The Morgan fingerprint density at radius 1 is 1.72 bits per heavy atom. The van der Waals surface area contributed by atoms with E-state index in [-0.39, 0.29) is 12.1 Å². The largest absolute Gasteiger partial charge is 0.479 e. The molecular formula is C12H18N2O3S. The molecule has 5 nitrogen and oxygen atoms in total. The number of carbonyl (C=O) groups is 1. The zero-order valence-electron chi connectivity index (χ0n) is 10.5. The molecule has 1 fully saturated rings. The van der Waals surface area contributed by atoms with Crippen molar-refractivity contribution in [2.45, 2.75) is 44.9 Å². The first-order valence-corrected chi connectivity index (χ1v) is 6.92. The molecule has 0 bridgehead atoms. The topological polar surface area (TPSA) is 71.5 Å². The number of nitrogens with zero attached hydrogens (tertiary/aromatic N) is 1. The summed E-state index contributed by atoms with van der Waals surface area (Å²) >= 11 is 1.68. The van der Waals surface area contributed by atoms with Crippen LogP contribution < -0.4 is 5.32 Å². The quantitative estimate of drug-likeness (QED) is 0.852. The molecule has 1 aromatic rings. The molecule has 0 radical (unpaired) electrons. The van der Waals surface area contributed by atoms with Crippen LogP contribution in [-0.4, -0.2) is 34.8 Å². The molecule has 0 spiro atoms. The van der Waals surface area contributed by atoms with E-state index >= 15 is 0 Å². The SMILES string of the molecule is Cc1cnc(C(C)NCC2CCC(C(=O)O)O2)s1. The minimum absolute atomic E-state index is 0.00499. The van der Waals surface area contributed by atoms with E-state index in [1.54, 1.807) is 11.3 Å². The number of ether oxygens (including phenoxy) is 1. The standard InChI is InChI=1S/C12H18N2O3S/c1-7-5-14-11(18-7)8(2)13-6-9-3-4-10(17-9)12(15)16/h5,8-10,13H,3-4,6H2,1-2H3,(H,15,16). The summed E-state index contributed by atoms with van der Waals surface area (Å²) in [4.78, 5) is 16.3. The molecule has 3 unspecified atom stereocenters. The minimum Gasteiger partial charge on any atom is -0.479 e. The van der Waals surface area contributed by atoms with E-state index in [1.807, 2.05) is 13.1 Å². The second-order valence-corrected chi connectivity index (χ2v) is 5.87. The summed E-state index contributed by atoms with van der Waals surface area (Å²) in [7, 11) is 0. The van der Waals surface area contributed by atoms with Crippen LogP contribution in [0.4, 0.5) is 0 Å². The molecule has 3 atom stereocenters. The first kappa shape index (κ1) is 13.5. The lowest BCUT2D eigenvalue weighted by Crippen LogP contribution is -2.30. The summed E-state index contributed by atoms with van der Waals surface area (Å²) in [5.41, 5.74) is 0. The average Bonchev–Trinajstić information content (AvgIpc) is 2.94. The minimum atomic E-state index is -0.860. The Morgan fingerprint density at radius 3 is 3.06 bits per heavy atom. The predicted octanol–water partition coefficient (Wildman–Crippen LogP) is 1.73. The third kappa shape index (κ3) is 3.28. The van der Waals surface area contributed by atoms with Gasteiger partial charge in [0.05, 0.1) is 12.1 Å². The average molecular weight is 270 g/mol. The number of hydrogen-bond donors (Lipinski definition) is 2. The number of carboxylic acid groups (broad SMARTS) is 1. The van der Waals surface area contributed by atoms with Crippen LogP contribution in [0.1, 0.15) is 35.7 Å². The number of nitrogens with one attached hydrogen (secondary N) is 1. The summed E-state index contributed by atoms with van der Waals surface area (Å²) < 4.78 is 5.44. The maximum atomic E-state index is 10.8. The van der Waals surface area contributed by atoms with Gasteiger partial charge < -0.3 is 15.2 Å². The summed E-state index contributed by atoms with van der Waals surface area (Å²) in [5, 5.41) is 13.2. The fourth-order valence-corrected chi connectivity index (χ4v) is 2.81. The number of rotatable bonds is 5. The maximum absolute atomic E-state index is 10.8. The number of aliphatic carboxylic acids is 1. The molecule has 1 aromatic heterocycles. The van der Waals surface area contributed by atoms with Crippen molar-refractivity contribution in [3.63, 3.8) is 0 Å². The van der Waals surface area contributed by atoms with Gasteiger partial charge in [0.1, 0.15) is 5.01 Å². The van der Waals surface area contributed by atoms with Crippen LogP contribution in [0.2, 0.25) is 0 Å². The molecule has 2 rings (SSSR count). The van der Waals surface area contributed by atoms with Gasteiger partial charge in [0, 0.05) is 17.6 Å². The lowest BCUT2D eigenvalue weighted by Gasteiger charge is -2.15. The summed E-state index contributed by atoms with van der Waals surface area (Å²) in [6, 6.07) is 0.177. The van der Waals surface area contributed by atoms with Gasteiger partial charge in [-0.05, 0) is 26.7 Å². The number of aromatic nitrogens is 1. The molecule has 0 amide bonds. The molecule has 1 aliphatic heterocycles. The number of carboxylic acids is 1. The van der Waals surface area contributed by atoms with Gasteiger partial charge in [-0.25, -0.2) is 9.78 Å². The third-order valence-corrected chi connectivity index (χ3v) is 4.14. The highest BCUT2D eigenvalue weighted by atomic mass is 32.1. The number of aryl methyl sites for hydroxylation is 1. The van der Waals surface area contributed by atoms with Crippen molar-refractivity contribution in [2.75, 3.05) is 6.54 Å². The fourth-order valence-electron chi connectivity index (χ4n) is 2.01. The van der Waals surface area contributed by atoms with Crippen molar-refractivity contribution in [3.8, 4) is 0 Å². The van der Waals surface area contributed by atoms with Gasteiger partial charge in [-0.15, -0.1) is 11.3 Å². The van der Waals surface area contributed by atoms with Crippen LogP contribution in [0, 0.1) is 6.92 Å². The molecule has 1 saturated heterocycles. The van der Waals surface area contributed by atoms with Crippen LogP contribution in [-0.2, 0) is 9.53 Å². The second kappa shape index (κ2) is 5.77. The van der Waals surface area contributed by atoms with E-state index < -0.39 is 12.1 Å². The first-order chi connectivity index (χ1) is 8.56. The van der Waals surface area contributed by atoms with Crippen molar-refractivity contribution in [1.82, 2.24) is 10.3 Å². The van der Waals surface area contributed by atoms with E-state index in [0.717, 1.165) is 11.4 Å². The Kier molecular flexibility index (Phi) is 4.31. The van der Waals surface area contributed by atoms with E-state index in [4.69, 9.17) is 9.84 Å². The fraction of sp³-hybridized carbons (Fsp3) is 0.667. The van der Waals surface area contributed by atoms with Crippen LogP contribution in [0.3, 0.4) is 0 Å².